The van der Waals surface area contributed by atoms with Crippen LogP contribution in [-0.2, 0) is 19.5 Å². The normalized spacial score (nSPS) is 12.9. The van der Waals surface area contributed by atoms with Gasteiger partial charge in [0.2, 0.25) is 0 Å². The summed E-state index contributed by atoms with van der Waals surface area (Å²) in [5.74, 6) is 0. The Morgan fingerprint density at radius 2 is 1.53 bits per heavy atom. The highest BCUT2D eigenvalue weighted by Gasteiger charge is 2.44. The van der Waals surface area contributed by atoms with Crippen LogP contribution in [0.3, 0.4) is 0 Å². The minimum Gasteiger partial charge on any atom is -0.269 e. The molecule has 1 aromatic rings. The van der Waals surface area contributed by atoms with E-state index in [1.54, 1.807) is 0 Å². The third-order valence-electron chi connectivity index (χ3n) is 1.85. The highest BCUT2D eigenvalue weighted by molar-refractivity contribution is 5.07. The summed E-state index contributed by atoms with van der Waals surface area (Å²) >= 11 is 0. The molecular weight excluding hydrogens is 258 g/mol. The Labute approximate surface area is 88.7 Å². The lowest BCUT2D eigenvalue weighted by Gasteiger charge is -2.17. The summed E-state index contributed by atoms with van der Waals surface area (Å²) in [6, 6.07) is -0.283. The van der Waals surface area contributed by atoms with Crippen molar-refractivity contribution in [2.45, 2.75) is 12.5 Å². The smallest absolute Gasteiger partial charge is 0.269 e. The first-order valence-corrected chi connectivity index (χ1v) is 3.93. The lowest BCUT2D eigenvalue weighted by Crippen LogP contribution is -2.45. The summed E-state index contributed by atoms with van der Waals surface area (Å²) in [6.07, 6.45) is -11.0. The van der Waals surface area contributed by atoms with Crippen molar-refractivity contribution in [2.75, 3.05) is 0 Å². The van der Waals surface area contributed by atoms with Crippen LogP contribution < -0.4 is 11.2 Å². The Kier molecular flexibility index (Phi) is 2.85. The zero-order chi connectivity index (χ0) is 13.6. The molecule has 0 bridgehead atoms. The van der Waals surface area contributed by atoms with Gasteiger partial charge in [0, 0.05) is 13.1 Å². The van der Waals surface area contributed by atoms with Crippen molar-refractivity contribution < 1.29 is 26.3 Å². The van der Waals surface area contributed by atoms with Gasteiger partial charge >= 0.3 is 18.2 Å². The van der Waals surface area contributed by atoms with E-state index < -0.39 is 34.0 Å². The molecule has 0 amide bonds. The molecule has 1 heterocycles. The molecule has 1 aromatic heterocycles. The van der Waals surface area contributed by atoms with Crippen LogP contribution in [0.5, 0.6) is 0 Å². The summed E-state index contributed by atoms with van der Waals surface area (Å²) in [7, 11) is 0.646. The molecule has 96 valence electrons. The van der Waals surface area contributed by atoms with Gasteiger partial charge in [0.1, 0.15) is 5.69 Å². The fourth-order valence-electron chi connectivity index (χ4n) is 1.08. The molecule has 0 radical (unpaired) electrons. The van der Waals surface area contributed by atoms with Crippen LogP contribution in [0.2, 0.25) is 0 Å². The van der Waals surface area contributed by atoms with Gasteiger partial charge in [-0.2, -0.15) is 17.7 Å². The minimum atomic E-state index is -5.56. The second-order valence-electron chi connectivity index (χ2n) is 3.01. The fraction of sp³-hybridized carbons (Fsp3) is 0.429. The molecule has 0 unspecified atom stereocenters. The molecule has 4 nitrogen and oxygen atoms in total. The molecule has 0 atom stereocenters. The van der Waals surface area contributed by atoms with Crippen molar-refractivity contribution in [3.8, 4) is 0 Å². The highest BCUT2D eigenvalue weighted by atomic mass is 19.4. The van der Waals surface area contributed by atoms with Crippen molar-refractivity contribution in [1.82, 2.24) is 9.13 Å². The molecule has 0 aromatic carbocycles. The van der Waals surface area contributed by atoms with E-state index >= 15 is 0 Å². The molecule has 0 fully saturated rings. The molecule has 0 aliphatic rings. The Hall–Kier alpha value is -1.74. The number of halogens is 6. The topological polar surface area (TPSA) is 44.0 Å². The van der Waals surface area contributed by atoms with E-state index in [1.807, 2.05) is 0 Å². The molecule has 0 aliphatic carbocycles. The van der Waals surface area contributed by atoms with Gasteiger partial charge in [0.05, 0.1) is 0 Å². The van der Waals surface area contributed by atoms with Crippen LogP contribution >= 0.6 is 0 Å². The van der Waals surface area contributed by atoms with E-state index in [0.29, 0.717) is 7.05 Å². The summed E-state index contributed by atoms with van der Waals surface area (Å²) in [4.78, 5) is 21.9. The fourth-order valence-corrected chi connectivity index (χ4v) is 1.08. The maximum atomic E-state index is 12.3. The molecule has 0 spiro atoms. The Morgan fingerprint density at radius 3 is 1.88 bits per heavy atom. The highest BCUT2D eigenvalue weighted by Crippen LogP contribution is 2.32. The van der Waals surface area contributed by atoms with Crippen molar-refractivity contribution in [1.29, 1.82) is 0 Å². The van der Waals surface area contributed by atoms with E-state index in [4.69, 9.17) is 0 Å². The van der Waals surface area contributed by atoms with Crippen molar-refractivity contribution in [3.63, 3.8) is 0 Å². The number of nitrogens with zero attached hydrogens (tertiary/aromatic N) is 2. The first-order chi connectivity index (χ1) is 7.46. The molecule has 0 aliphatic heterocycles. The van der Waals surface area contributed by atoms with E-state index in [1.165, 1.54) is 0 Å². The van der Waals surface area contributed by atoms with Gasteiger partial charge in [-0.05, 0) is 0 Å². The van der Waals surface area contributed by atoms with Gasteiger partial charge < -0.3 is 0 Å². The van der Waals surface area contributed by atoms with Gasteiger partial charge in [-0.1, -0.05) is 0 Å². The van der Waals surface area contributed by atoms with Crippen LogP contribution in [-0.4, -0.2) is 9.13 Å². The maximum absolute atomic E-state index is 12.3. The lowest BCUT2D eigenvalue weighted by atomic mass is 10.4. The van der Waals surface area contributed by atoms with Crippen molar-refractivity contribution in [3.05, 3.63) is 32.6 Å². The Bertz CT molecular complexity index is 549. The molecule has 0 saturated heterocycles. The molecule has 0 saturated carbocycles. The van der Waals surface area contributed by atoms with Gasteiger partial charge in [-0.3, -0.25) is 9.36 Å². The first kappa shape index (κ1) is 13.3. The van der Waals surface area contributed by atoms with Crippen LogP contribution in [0.4, 0.5) is 26.3 Å². The predicted octanol–water partition coefficient (Wildman–Crippen LogP) is 1.04. The molecule has 17 heavy (non-hydrogen) atoms. The molecular formula is C7H4F6N2O2. The first-order valence-electron chi connectivity index (χ1n) is 3.93. The monoisotopic (exact) mass is 262 g/mol. The van der Waals surface area contributed by atoms with E-state index in [2.05, 4.69) is 0 Å². The molecule has 1 rings (SSSR count). The zero-order valence-corrected chi connectivity index (χ0v) is 8.06. The largest absolute Gasteiger partial charge is 0.493 e. The number of aromatic nitrogens is 2. The predicted molar refractivity (Wildman–Crippen MR) is 42.2 cm³/mol. The summed E-state index contributed by atoms with van der Waals surface area (Å²) in [6.45, 7) is 0. The van der Waals surface area contributed by atoms with Gasteiger partial charge in [-0.25, -0.2) is 4.79 Å². The Morgan fingerprint density at radius 1 is 1.06 bits per heavy atom. The molecule has 0 N–H and O–H groups in total. The number of hydrogen-bond donors (Lipinski definition) is 0. The van der Waals surface area contributed by atoms with Crippen LogP contribution in [0.25, 0.3) is 0 Å². The Balaban J connectivity index is 3.85. The lowest BCUT2D eigenvalue weighted by molar-refractivity contribution is -0.225. The summed E-state index contributed by atoms with van der Waals surface area (Å²) in [5.41, 5.74) is -5.92. The van der Waals surface area contributed by atoms with Crippen molar-refractivity contribution >= 4 is 0 Å². The van der Waals surface area contributed by atoms with Crippen LogP contribution in [0.15, 0.2) is 15.7 Å². The third kappa shape index (κ3) is 2.34. The quantitative estimate of drug-likeness (QED) is 0.656. The SMILES string of the molecule is Cn1c(=O)cc(C(F)(F)F)n(C(F)(F)F)c1=O. The summed E-state index contributed by atoms with van der Waals surface area (Å²) in [5, 5.41) is 0. The van der Waals surface area contributed by atoms with Crippen molar-refractivity contribution in [2.24, 2.45) is 7.05 Å². The van der Waals surface area contributed by atoms with Gasteiger partial charge in [0.15, 0.2) is 0 Å². The second kappa shape index (κ2) is 3.64. The number of alkyl halides is 6. The van der Waals surface area contributed by atoms with E-state index in [-0.39, 0.29) is 10.6 Å². The van der Waals surface area contributed by atoms with Gasteiger partial charge in [-0.15, -0.1) is 13.2 Å². The number of rotatable bonds is 0. The molecule has 10 heteroatoms. The van der Waals surface area contributed by atoms with Crippen LogP contribution in [0, 0.1) is 0 Å². The van der Waals surface area contributed by atoms with Crippen LogP contribution in [0.1, 0.15) is 5.69 Å². The summed E-state index contributed by atoms with van der Waals surface area (Å²) < 4.78 is 72.2. The number of hydrogen-bond acceptors (Lipinski definition) is 2. The maximum Gasteiger partial charge on any atom is 0.493 e. The zero-order valence-electron chi connectivity index (χ0n) is 8.06. The van der Waals surface area contributed by atoms with Gasteiger partial charge in [0.25, 0.3) is 5.56 Å². The average molecular weight is 262 g/mol. The minimum absolute atomic E-state index is 0.0667. The van der Waals surface area contributed by atoms with E-state index in [9.17, 15) is 35.9 Å². The second-order valence-corrected chi connectivity index (χ2v) is 3.01. The average Bonchev–Trinajstić information content (AvgIpc) is 2.09. The standard InChI is InChI=1S/C7H4F6N2O2/c1-14-4(16)2-3(6(8,9)10)15(5(14)17)7(11,12)13/h2H,1H3. The third-order valence-corrected chi connectivity index (χ3v) is 1.85. The van der Waals surface area contributed by atoms with E-state index in [0.717, 1.165) is 0 Å².